The van der Waals surface area contributed by atoms with E-state index < -0.39 is 0 Å². The number of rotatable bonds is 5. The van der Waals surface area contributed by atoms with Crippen LogP contribution < -0.4 is 5.32 Å². The van der Waals surface area contributed by atoms with Crippen LogP contribution in [0.15, 0.2) is 0 Å². The average molecular weight is 270 g/mol. The molecule has 104 valence electrons. The van der Waals surface area contributed by atoms with Gasteiger partial charge in [-0.15, -0.1) is 11.3 Å². The molecule has 0 spiro atoms. The molecule has 2 atom stereocenters. The van der Waals surface area contributed by atoms with Crippen molar-refractivity contribution >= 4 is 11.3 Å². The zero-order valence-electron chi connectivity index (χ0n) is 12.4. The summed E-state index contributed by atoms with van der Waals surface area (Å²) in [5, 5.41) is 13.9. The van der Waals surface area contributed by atoms with Gasteiger partial charge in [-0.1, -0.05) is 20.8 Å². The zero-order chi connectivity index (χ0) is 13.9. The maximum atomic E-state index is 9.19. The second-order valence-corrected chi connectivity index (χ2v) is 7.40. The number of hydrogen-bond acceptors (Lipinski definition) is 4. The summed E-state index contributed by atoms with van der Waals surface area (Å²) in [4.78, 5) is 5.88. The van der Waals surface area contributed by atoms with E-state index in [2.05, 4.69) is 44.9 Å². The van der Waals surface area contributed by atoms with Crippen molar-refractivity contribution < 1.29 is 5.11 Å². The Bertz CT molecular complexity index is 382. The van der Waals surface area contributed by atoms with Crippen LogP contribution in [0.25, 0.3) is 0 Å². The molecule has 2 N–H and O–H groups in total. The van der Waals surface area contributed by atoms with Gasteiger partial charge in [0.2, 0.25) is 0 Å². The maximum absolute atomic E-state index is 9.19. The van der Waals surface area contributed by atoms with Crippen molar-refractivity contribution in [2.75, 3.05) is 6.61 Å². The number of aliphatic hydroxyl groups is 1. The number of hydrogen-bond donors (Lipinski definition) is 2. The second kappa shape index (κ2) is 6.13. The van der Waals surface area contributed by atoms with E-state index in [1.54, 1.807) is 11.3 Å². The summed E-state index contributed by atoms with van der Waals surface area (Å²) in [5.74, 6) is 0. The minimum Gasteiger partial charge on any atom is -0.396 e. The quantitative estimate of drug-likeness (QED) is 0.863. The molecule has 0 aromatic carbocycles. The van der Waals surface area contributed by atoms with Gasteiger partial charge in [0.15, 0.2) is 0 Å². The van der Waals surface area contributed by atoms with Crippen LogP contribution in [0.4, 0.5) is 0 Å². The second-order valence-electron chi connectivity index (χ2n) is 5.99. The fourth-order valence-electron chi connectivity index (χ4n) is 2.22. The van der Waals surface area contributed by atoms with E-state index in [0.29, 0.717) is 6.04 Å². The first-order valence-electron chi connectivity index (χ1n) is 6.56. The first-order chi connectivity index (χ1) is 8.25. The Hall–Kier alpha value is -0.450. The molecule has 1 aromatic rings. The Morgan fingerprint density at radius 3 is 2.33 bits per heavy atom. The molecule has 0 bridgehead atoms. The standard InChI is InChI=1S/C14H26N2OS/c1-9(13-10(2)18-11(3)16-13)15-12(7-8-17)14(4,5)6/h9,12,15,17H,7-8H2,1-6H3. The normalized spacial score (nSPS) is 15.7. The van der Waals surface area contributed by atoms with E-state index in [4.69, 9.17) is 0 Å². The fourth-order valence-corrected chi connectivity index (χ4v) is 3.14. The lowest BCUT2D eigenvalue weighted by atomic mass is 9.84. The minimum atomic E-state index is 0.135. The first-order valence-corrected chi connectivity index (χ1v) is 7.38. The number of aromatic nitrogens is 1. The molecule has 0 radical (unpaired) electrons. The molecule has 3 nitrogen and oxygen atoms in total. The van der Waals surface area contributed by atoms with E-state index in [9.17, 15) is 5.11 Å². The van der Waals surface area contributed by atoms with Crippen LogP contribution in [0, 0.1) is 19.3 Å². The molecule has 0 fully saturated rings. The lowest BCUT2D eigenvalue weighted by Crippen LogP contribution is -2.42. The lowest BCUT2D eigenvalue weighted by molar-refractivity contribution is 0.187. The molecule has 0 amide bonds. The summed E-state index contributed by atoms with van der Waals surface area (Å²) in [6, 6.07) is 0.518. The van der Waals surface area contributed by atoms with Gasteiger partial charge in [-0.25, -0.2) is 4.98 Å². The number of aryl methyl sites for hydroxylation is 2. The largest absolute Gasteiger partial charge is 0.396 e. The van der Waals surface area contributed by atoms with Crippen molar-refractivity contribution in [3.8, 4) is 0 Å². The Balaban J connectivity index is 2.78. The topological polar surface area (TPSA) is 45.2 Å². The van der Waals surface area contributed by atoms with E-state index in [1.165, 1.54) is 4.88 Å². The van der Waals surface area contributed by atoms with Crippen LogP contribution in [0.3, 0.4) is 0 Å². The van der Waals surface area contributed by atoms with Crippen LogP contribution in [0.1, 0.15) is 55.7 Å². The molecule has 0 aliphatic rings. The molecule has 0 aliphatic carbocycles. The van der Waals surface area contributed by atoms with Gasteiger partial charge >= 0.3 is 0 Å². The first kappa shape index (κ1) is 15.6. The van der Waals surface area contributed by atoms with Crippen molar-refractivity contribution in [1.82, 2.24) is 10.3 Å². The molecule has 1 rings (SSSR count). The van der Waals surface area contributed by atoms with Crippen LogP contribution in [-0.4, -0.2) is 22.7 Å². The Morgan fingerprint density at radius 1 is 1.33 bits per heavy atom. The van der Waals surface area contributed by atoms with Crippen LogP contribution in [0.5, 0.6) is 0 Å². The lowest BCUT2D eigenvalue weighted by Gasteiger charge is -2.33. The summed E-state index contributed by atoms with van der Waals surface area (Å²) in [7, 11) is 0. The molecule has 0 saturated carbocycles. The van der Waals surface area contributed by atoms with Crippen molar-refractivity contribution in [3.05, 3.63) is 15.6 Å². The third-order valence-electron chi connectivity index (χ3n) is 3.26. The van der Waals surface area contributed by atoms with Crippen molar-refractivity contribution in [1.29, 1.82) is 0 Å². The van der Waals surface area contributed by atoms with Gasteiger partial charge in [-0.3, -0.25) is 0 Å². The van der Waals surface area contributed by atoms with Gasteiger partial charge in [0.25, 0.3) is 0 Å². The Morgan fingerprint density at radius 2 is 1.94 bits per heavy atom. The molecule has 2 unspecified atom stereocenters. The SMILES string of the molecule is Cc1nc(C(C)NC(CCO)C(C)(C)C)c(C)s1. The van der Waals surface area contributed by atoms with E-state index in [-0.39, 0.29) is 18.1 Å². The van der Waals surface area contributed by atoms with Gasteiger partial charge in [0.05, 0.1) is 10.7 Å². The van der Waals surface area contributed by atoms with E-state index in [0.717, 1.165) is 17.1 Å². The predicted molar refractivity (Wildman–Crippen MR) is 78.1 cm³/mol. The number of nitrogens with zero attached hydrogens (tertiary/aromatic N) is 1. The van der Waals surface area contributed by atoms with Crippen LogP contribution >= 0.6 is 11.3 Å². The molecule has 18 heavy (non-hydrogen) atoms. The Labute approximate surface area is 115 Å². The highest BCUT2D eigenvalue weighted by atomic mass is 32.1. The highest BCUT2D eigenvalue weighted by Gasteiger charge is 2.26. The third-order valence-corrected chi connectivity index (χ3v) is 4.17. The third kappa shape index (κ3) is 4.04. The molecule has 1 aromatic heterocycles. The fraction of sp³-hybridized carbons (Fsp3) is 0.786. The molecule has 0 saturated heterocycles. The molecular formula is C14H26N2OS. The summed E-state index contributed by atoms with van der Waals surface area (Å²) in [5.41, 5.74) is 1.28. The minimum absolute atomic E-state index is 0.135. The number of nitrogens with one attached hydrogen (secondary N) is 1. The van der Waals surface area contributed by atoms with Gasteiger partial charge in [-0.2, -0.15) is 0 Å². The molecule has 0 aliphatic heterocycles. The van der Waals surface area contributed by atoms with Crippen LogP contribution in [-0.2, 0) is 0 Å². The summed E-state index contributed by atoms with van der Waals surface area (Å²) in [6.07, 6.45) is 0.774. The van der Waals surface area contributed by atoms with Gasteiger partial charge < -0.3 is 10.4 Å². The van der Waals surface area contributed by atoms with Gasteiger partial charge in [0.1, 0.15) is 0 Å². The molecule has 1 heterocycles. The molecular weight excluding hydrogens is 244 g/mol. The summed E-state index contributed by atoms with van der Waals surface area (Å²) in [6.45, 7) is 13.1. The molecule has 4 heteroatoms. The smallest absolute Gasteiger partial charge is 0.0900 e. The predicted octanol–water partition coefficient (Wildman–Crippen LogP) is 3.21. The summed E-state index contributed by atoms with van der Waals surface area (Å²) >= 11 is 1.74. The van der Waals surface area contributed by atoms with Crippen molar-refractivity contribution in [2.45, 2.75) is 60.0 Å². The highest BCUT2D eigenvalue weighted by Crippen LogP contribution is 2.27. The van der Waals surface area contributed by atoms with Crippen molar-refractivity contribution in [2.24, 2.45) is 5.41 Å². The van der Waals surface area contributed by atoms with E-state index >= 15 is 0 Å². The number of thiazole rings is 1. The maximum Gasteiger partial charge on any atom is 0.0900 e. The average Bonchev–Trinajstić information content (AvgIpc) is 2.55. The van der Waals surface area contributed by atoms with E-state index in [1.807, 2.05) is 6.92 Å². The van der Waals surface area contributed by atoms with Crippen molar-refractivity contribution in [3.63, 3.8) is 0 Å². The zero-order valence-corrected chi connectivity index (χ0v) is 13.2. The highest BCUT2D eigenvalue weighted by molar-refractivity contribution is 7.11. The number of aliphatic hydroxyl groups excluding tert-OH is 1. The monoisotopic (exact) mass is 270 g/mol. The van der Waals surface area contributed by atoms with Gasteiger partial charge in [-0.05, 0) is 32.6 Å². The van der Waals surface area contributed by atoms with Gasteiger partial charge in [0, 0.05) is 23.6 Å². The Kier molecular flexibility index (Phi) is 5.32. The van der Waals surface area contributed by atoms with Crippen LogP contribution in [0.2, 0.25) is 0 Å². The summed E-state index contributed by atoms with van der Waals surface area (Å²) < 4.78 is 0.